The number of carboxylic acid groups (broad SMARTS) is 1. The van der Waals surface area contributed by atoms with Gasteiger partial charge in [-0.05, 0) is 18.6 Å². The SMILES string of the molecule is CC(c1ccccc1)N(C)S(=O)(=O)c1csc(C(=O)O)c1. The zero-order valence-electron chi connectivity index (χ0n) is 11.6. The predicted octanol–water partition coefficient (Wildman–Crippen LogP) is 2.83. The fourth-order valence-corrected chi connectivity index (χ4v) is 4.33. The van der Waals surface area contributed by atoms with Gasteiger partial charge in [-0.1, -0.05) is 30.3 Å². The maximum absolute atomic E-state index is 12.5. The van der Waals surface area contributed by atoms with Gasteiger partial charge in [-0.25, -0.2) is 13.2 Å². The Kier molecular flexibility index (Phi) is 4.46. The number of hydrogen-bond acceptors (Lipinski definition) is 4. The maximum Gasteiger partial charge on any atom is 0.345 e. The van der Waals surface area contributed by atoms with Gasteiger partial charge in [-0.15, -0.1) is 11.3 Å². The van der Waals surface area contributed by atoms with Crippen LogP contribution < -0.4 is 0 Å². The number of thiophene rings is 1. The van der Waals surface area contributed by atoms with Crippen LogP contribution in [0, 0.1) is 0 Å². The van der Waals surface area contributed by atoms with E-state index < -0.39 is 16.0 Å². The Morgan fingerprint density at radius 2 is 1.90 bits per heavy atom. The third-order valence-corrected chi connectivity index (χ3v) is 6.26. The summed E-state index contributed by atoms with van der Waals surface area (Å²) in [6.07, 6.45) is 0. The van der Waals surface area contributed by atoms with E-state index in [4.69, 9.17) is 5.11 Å². The number of carbonyl (C=O) groups is 1. The Morgan fingerprint density at radius 1 is 1.29 bits per heavy atom. The van der Waals surface area contributed by atoms with Crippen LogP contribution >= 0.6 is 11.3 Å². The van der Waals surface area contributed by atoms with E-state index in [9.17, 15) is 13.2 Å². The van der Waals surface area contributed by atoms with Gasteiger partial charge in [-0.2, -0.15) is 4.31 Å². The molecule has 7 heteroatoms. The van der Waals surface area contributed by atoms with Crippen molar-refractivity contribution in [2.75, 3.05) is 7.05 Å². The topological polar surface area (TPSA) is 74.7 Å². The summed E-state index contributed by atoms with van der Waals surface area (Å²) in [5, 5.41) is 10.2. The van der Waals surface area contributed by atoms with Crippen LogP contribution in [0.2, 0.25) is 0 Å². The molecule has 0 fully saturated rings. The Labute approximate surface area is 127 Å². The number of nitrogens with zero attached hydrogens (tertiary/aromatic N) is 1. The van der Waals surface area contributed by atoms with E-state index in [1.54, 1.807) is 6.92 Å². The highest BCUT2D eigenvalue weighted by atomic mass is 32.2. The average molecular weight is 325 g/mol. The van der Waals surface area contributed by atoms with Crippen molar-refractivity contribution >= 4 is 27.3 Å². The van der Waals surface area contributed by atoms with Gasteiger partial charge in [0.2, 0.25) is 10.0 Å². The Bertz CT molecular complexity index is 737. The summed E-state index contributed by atoms with van der Waals surface area (Å²) in [5.41, 5.74) is 0.872. The summed E-state index contributed by atoms with van der Waals surface area (Å²) in [7, 11) is -2.23. The Balaban J connectivity index is 2.32. The van der Waals surface area contributed by atoms with E-state index in [1.807, 2.05) is 30.3 Å². The molecule has 0 saturated carbocycles. The van der Waals surface area contributed by atoms with Crippen LogP contribution in [0.4, 0.5) is 0 Å². The molecule has 0 saturated heterocycles. The van der Waals surface area contributed by atoms with Gasteiger partial charge in [-0.3, -0.25) is 0 Å². The number of sulfonamides is 1. The molecule has 0 aliphatic carbocycles. The summed E-state index contributed by atoms with van der Waals surface area (Å²) in [5.74, 6) is -1.12. The summed E-state index contributed by atoms with van der Waals surface area (Å²) in [4.78, 5) is 10.9. The minimum Gasteiger partial charge on any atom is -0.477 e. The lowest BCUT2D eigenvalue weighted by Crippen LogP contribution is -2.29. The molecule has 21 heavy (non-hydrogen) atoms. The molecule has 1 heterocycles. The summed E-state index contributed by atoms with van der Waals surface area (Å²) >= 11 is 0.904. The second-order valence-electron chi connectivity index (χ2n) is 4.56. The smallest absolute Gasteiger partial charge is 0.345 e. The molecule has 0 radical (unpaired) electrons. The number of benzene rings is 1. The van der Waals surface area contributed by atoms with Gasteiger partial charge >= 0.3 is 5.97 Å². The molecule has 2 rings (SSSR count). The van der Waals surface area contributed by atoms with Crippen LogP contribution in [0.5, 0.6) is 0 Å². The van der Waals surface area contributed by atoms with Crippen LogP contribution in [-0.2, 0) is 10.0 Å². The minimum absolute atomic E-state index is 0.00865. The molecule has 1 atom stereocenters. The van der Waals surface area contributed by atoms with E-state index in [0.29, 0.717) is 0 Å². The Hall–Kier alpha value is -1.70. The lowest BCUT2D eigenvalue weighted by Gasteiger charge is -2.24. The van der Waals surface area contributed by atoms with Crippen LogP contribution in [-0.4, -0.2) is 30.8 Å². The largest absolute Gasteiger partial charge is 0.477 e. The summed E-state index contributed by atoms with van der Waals surface area (Å²) < 4.78 is 26.3. The van der Waals surface area contributed by atoms with E-state index in [2.05, 4.69) is 0 Å². The second kappa shape index (κ2) is 5.97. The second-order valence-corrected chi connectivity index (χ2v) is 7.47. The Morgan fingerprint density at radius 3 is 2.43 bits per heavy atom. The molecule has 0 aliphatic rings. The van der Waals surface area contributed by atoms with E-state index in [0.717, 1.165) is 16.9 Å². The first kappa shape index (κ1) is 15.7. The van der Waals surface area contributed by atoms with E-state index >= 15 is 0 Å². The van der Waals surface area contributed by atoms with Gasteiger partial charge in [0.1, 0.15) is 4.88 Å². The highest BCUT2D eigenvalue weighted by Crippen LogP contribution is 2.28. The zero-order valence-corrected chi connectivity index (χ0v) is 13.2. The number of aromatic carboxylic acids is 1. The molecule has 0 bridgehead atoms. The van der Waals surface area contributed by atoms with Gasteiger partial charge in [0.25, 0.3) is 0 Å². The molecule has 0 spiro atoms. The van der Waals surface area contributed by atoms with Crippen LogP contribution in [0.3, 0.4) is 0 Å². The normalized spacial score (nSPS) is 13.3. The lowest BCUT2D eigenvalue weighted by atomic mass is 10.1. The van der Waals surface area contributed by atoms with Crippen molar-refractivity contribution in [3.8, 4) is 0 Å². The fraction of sp³-hybridized carbons (Fsp3) is 0.214. The third-order valence-electron chi connectivity index (χ3n) is 3.29. The van der Waals surface area contributed by atoms with Crippen molar-refractivity contribution in [2.45, 2.75) is 17.9 Å². The lowest BCUT2D eigenvalue weighted by molar-refractivity contribution is 0.0702. The zero-order chi connectivity index (χ0) is 15.6. The van der Waals surface area contributed by atoms with Crippen molar-refractivity contribution in [2.24, 2.45) is 0 Å². The molecule has 112 valence electrons. The van der Waals surface area contributed by atoms with Gasteiger partial charge in [0, 0.05) is 18.5 Å². The standard InChI is InChI=1S/C14H15NO4S2/c1-10(11-6-4-3-5-7-11)15(2)21(18,19)12-8-13(14(16)17)20-9-12/h3-10H,1-2H3,(H,16,17). The van der Waals surface area contributed by atoms with Crippen molar-refractivity contribution in [1.82, 2.24) is 4.31 Å². The predicted molar refractivity (Wildman–Crippen MR) is 81.1 cm³/mol. The van der Waals surface area contributed by atoms with Crippen LogP contribution in [0.1, 0.15) is 28.2 Å². The quantitative estimate of drug-likeness (QED) is 0.917. The van der Waals surface area contributed by atoms with Crippen LogP contribution in [0.25, 0.3) is 0 Å². The first-order valence-electron chi connectivity index (χ1n) is 6.19. The van der Waals surface area contributed by atoms with Crippen molar-refractivity contribution in [3.63, 3.8) is 0 Å². The molecule has 0 aliphatic heterocycles. The number of rotatable bonds is 5. The van der Waals surface area contributed by atoms with Crippen molar-refractivity contribution < 1.29 is 18.3 Å². The number of carboxylic acids is 1. The monoisotopic (exact) mass is 325 g/mol. The maximum atomic E-state index is 12.5. The molecular weight excluding hydrogens is 310 g/mol. The molecular formula is C14H15NO4S2. The molecule has 5 nitrogen and oxygen atoms in total. The molecule has 0 amide bonds. The third kappa shape index (κ3) is 3.15. The van der Waals surface area contributed by atoms with Crippen molar-refractivity contribution in [1.29, 1.82) is 0 Å². The fourth-order valence-electron chi connectivity index (χ4n) is 1.88. The first-order valence-corrected chi connectivity index (χ1v) is 8.51. The van der Waals surface area contributed by atoms with E-state index in [1.165, 1.54) is 22.8 Å². The highest BCUT2D eigenvalue weighted by Gasteiger charge is 2.27. The van der Waals surface area contributed by atoms with Gasteiger partial charge < -0.3 is 5.11 Å². The molecule has 2 aromatic rings. The minimum atomic E-state index is -3.72. The average Bonchev–Trinajstić information content (AvgIpc) is 2.97. The van der Waals surface area contributed by atoms with Gasteiger partial charge in [0.05, 0.1) is 4.90 Å². The number of hydrogen-bond donors (Lipinski definition) is 1. The summed E-state index contributed by atoms with van der Waals surface area (Å²) in [6.45, 7) is 1.79. The molecule has 1 N–H and O–H groups in total. The van der Waals surface area contributed by atoms with Crippen LogP contribution in [0.15, 0.2) is 46.7 Å². The molecule has 1 aromatic carbocycles. The first-order chi connectivity index (χ1) is 9.84. The van der Waals surface area contributed by atoms with E-state index in [-0.39, 0.29) is 15.8 Å². The molecule has 1 unspecified atom stereocenters. The highest BCUT2D eigenvalue weighted by molar-refractivity contribution is 7.89. The summed E-state index contributed by atoms with van der Waals surface area (Å²) in [6, 6.07) is 10.1. The molecule has 1 aromatic heterocycles. The van der Waals surface area contributed by atoms with Gasteiger partial charge in [0.15, 0.2) is 0 Å². The van der Waals surface area contributed by atoms with Crippen molar-refractivity contribution in [3.05, 3.63) is 52.2 Å².